The second kappa shape index (κ2) is 22.7. The van der Waals surface area contributed by atoms with Gasteiger partial charge in [0.15, 0.2) is 0 Å². The van der Waals surface area contributed by atoms with Crippen LogP contribution in [0.4, 0.5) is 0 Å². The summed E-state index contributed by atoms with van der Waals surface area (Å²) in [6.07, 6.45) is -0.792. The third kappa shape index (κ3) is 58.1. The van der Waals surface area contributed by atoms with Gasteiger partial charge < -0.3 is 45.0 Å². The summed E-state index contributed by atoms with van der Waals surface area (Å²) < 4.78 is 0. The van der Waals surface area contributed by atoms with Gasteiger partial charge in [-0.2, -0.15) is 0 Å². The van der Waals surface area contributed by atoms with E-state index in [2.05, 4.69) is 0 Å². The molecule has 19 heavy (non-hydrogen) atoms. The molecule has 0 spiro atoms. The Labute approximate surface area is 139 Å². The molecule has 117 valence electrons. The molecule has 0 rings (SSSR count). The minimum absolute atomic E-state index is 0. The molecule has 10 heteroatoms. The largest absolute Gasteiger partial charge is 3.00 e. The van der Waals surface area contributed by atoms with E-state index in [-0.39, 0.29) is 76.4 Å². The van der Waals surface area contributed by atoms with Gasteiger partial charge in [-0.3, -0.25) is 0 Å². The predicted molar refractivity (Wildman–Crippen MR) is 50.1 cm³/mol. The Kier molecular flexibility index (Phi) is 32.2. The molecule has 9 nitrogen and oxygen atoms in total. The molecular weight excluding hydrogens is 419 g/mol. The summed E-state index contributed by atoms with van der Waals surface area (Å²) >= 11 is 0. The Balaban J connectivity index is -0.0000000865. The SMILES string of the molecule is O=C([O-])CCO.O=C([O-])CCO.O=C([O-])CCO.[Er+3]. The van der Waals surface area contributed by atoms with Crippen LogP contribution >= 0.6 is 0 Å². The van der Waals surface area contributed by atoms with Crippen LogP contribution in [0.1, 0.15) is 19.3 Å². The molecule has 1 radical (unpaired) electrons. The van der Waals surface area contributed by atoms with Crippen LogP contribution in [0.15, 0.2) is 0 Å². The van der Waals surface area contributed by atoms with Crippen LogP contribution in [0.5, 0.6) is 0 Å². The molecule has 0 saturated carbocycles. The number of carboxylic acids is 3. The first-order chi connectivity index (χ1) is 8.31. The molecule has 0 aromatic carbocycles. The first kappa shape index (κ1) is 27.0. The van der Waals surface area contributed by atoms with Crippen LogP contribution in [-0.4, -0.2) is 53.0 Å². The van der Waals surface area contributed by atoms with E-state index in [1.54, 1.807) is 0 Å². The van der Waals surface area contributed by atoms with E-state index < -0.39 is 17.9 Å². The Hall–Kier alpha value is -0.463. The number of aliphatic hydroxyl groups excluding tert-OH is 3. The van der Waals surface area contributed by atoms with Crippen LogP contribution in [-0.2, 0) is 14.4 Å². The van der Waals surface area contributed by atoms with Gasteiger partial charge in [0.25, 0.3) is 0 Å². The van der Waals surface area contributed by atoms with E-state index in [0.29, 0.717) is 0 Å². The van der Waals surface area contributed by atoms with Crippen molar-refractivity contribution in [2.45, 2.75) is 19.3 Å². The molecule has 0 atom stereocenters. The van der Waals surface area contributed by atoms with Crippen molar-refractivity contribution in [1.29, 1.82) is 0 Å². The molecule has 3 N–H and O–H groups in total. The maximum absolute atomic E-state index is 9.33. The van der Waals surface area contributed by atoms with Crippen molar-refractivity contribution >= 4 is 17.9 Å². The Morgan fingerprint density at radius 2 is 0.789 bits per heavy atom. The van der Waals surface area contributed by atoms with E-state index in [1.165, 1.54) is 0 Å². The third-order valence-electron chi connectivity index (χ3n) is 0.948. The van der Waals surface area contributed by atoms with Crippen molar-refractivity contribution in [2.75, 3.05) is 19.8 Å². The Morgan fingerprint density at radius 1 is 0.632 bits per heavy atom. The first-order valence-corrected chi connectivity index (χ1v) is 4.73. The zero-order chi connectivity index (χ0) is 15.0. The van der Waals surface area contributed by atoms with Gasteiger partial charge in [0, 0.05) is 57.0 Å². The average molecular weight is 434 g/mol. The molecule has 0 unspecified atom stereocenters. The zero-order valence-electron chi connectivity index (χ0n) is 9.82. The number of carboxylic acid groups (broad SMARTS) is 3. The van der Waals surface area contributed by atoms with Crippen LogP contribution in [0, 0.1) is 37.3 Å². The molecule has 0 aliphatic carbocycles. The molecule has 0 aromatic heterocycles. The number of hydrogen-bond acceptors (Lipinski definition) is 9. The van der Waals surface area contributed by atoms with Crippen molar-refractivity contribution < 1.29 is 82.3 Å². The molecule has 0 saturated heterocycles. The third-order valence-corrected chi connectivity index (χ3v) is 0.948. The molecule has 0 amide bonds. The van der Waals surface area contributed by atoms with Crippen LogP contribution in [0.2, 0.25) is 0 Å². The van der Waals surface area contributed by atoms with Crippen molar-refractivity contribution in [3.8, 4) is 0 Å². The summed E-state index contributed by atoms with van der Waals surface area (Å²) in [7, 11) is 0. The summed E-state index contributed by atoms with van der Waals surface area (Å²) in [5.74, 6) is -3.63. The van der Waals surface area contributed by atoms with Crippen LogP contribution < -0.4 is 15.3 Å². The number of aliphatic carboxylic acids is 3. The van der Waals surface area contributed by atoms with Gasteiger partial charge in [-0.1, -0.05) is 0 Å². The van der Waals surface area contributed by atoms with Crippen molar-refractivity contribution in [3.05, 3.63) is 0 Å². The quantitative estimate of drug-likeness (QED) is 0.367. The average Bonchev–Trinajstić information content (AvgIpc) is 2.18. The Bertz CT molecular complexity index is 194. The number of hydrogen-bond donors (Lipinski definition) is 3. The van der Waals surface area contributed by atoms with Gasteiger partial charge in [-0.15, -0.1) is 0 Å². The number of rotatable bonds is 6. The van der Waals surface area contributed by atoms with Crippen LogP contribution in [0.25, 0.3) is 0 Å². The fourth-order valence-corrected chi connectivity index (χ4v) is 0.274. The maximum atomic E-state index is 9.33. The van der Waals surface area contributed by atoms with Gasteiger partial charge in [0.1, 0.15) is 0 Å². The summed E-state index contributed by atoms with van der Waals surface area (Å²) in [6.45, 7) is -0.993. The fraction of sp³-hybridized carbons (Fsp3) is 0.667. The van der Waals surface area contributed by atoms with Gasteiger partial charge in [0.05, 0.1) is 0 Å². The van der Waals surface area contributed by atoms with Gasteiger partial charge in [-0.25, -0.2) is 0 Å². The Morgan fingerprint density at radius 3 is 0.789 bits per heavy atom. The molecular formula is C9H15ErO9. The molecule has 0 aromatic rings. The number of carbonyl (C=O) groups is 3. The van der Waals surface area contributed by atoms with E-state index in [1.807, 2.05) is 0 Å². The second-order valence-electron chi connectivity index (χ2n) is 2.54. The molecule has 0 fully saturated rings. The summed E-state index contributed by atoms with van der Waals surface area (Å²) in [4.78, 5) is 28.0. The zero-order valence-corrected chi connectivity index (χ0v) is 11.7. The van der Waals surface area contributed by atoms with Crippen molar-refractivity contribution in [2.24, 2.45) is 0 Å². The molecule has 0 heterocycles. The van der Waals surface area contributed by atoms with E-state index in [9.17, 15) is 29.7 Å². The maximum Gasteiger partial charge on any atom is 3.00 e. The van der Waals surface area contributed by atoms with Gasteiger partial charge in [-0.05, 0) is 0 Å². The molecule has 0 aliphatic rings. The monoisotopic (exact) mass is 433 g/mol. The van der Waals surface area contributed by atoms with E-state index in [4.69, 9.17) is 15.3 Å². The van der Waals surface area contributed by atoms with Crippen molar-refractivity contribution in [1.82, 2.24) is 0 Å². The predicted octanol–water partition coefficient (Wildman–Crippen LogP) is -5.64. The van der Waals surface area contributed by atoms with Gasteiger partial charge in [0.2, 0.25) is 0 Å². The van der Waals surface area contributed by atoms with Crippen LogP contribution in [0.3, 0.4) is 0 Å². The fourth-order valence-electron chi connectivity index (χ4n) is 0.274. The summed E-state index contributed by atoms with van der Waals surface area (Å²) in [5.41, 5.74) is 0. The second-order valence-corrected chi connectivity index (χ2v) is 2.54. The van der Waals surface area contributed by atoms with Gasteiger partial charge >= 0.3 is 37.3 Å². The van der Waals surface area contributed by atoms with E-state index >= 15 is 0 Å². The molecule has 0 bridgehead atoms. The molecule has 0 aliphatic heterocycles. The minimum Gasteiger partial charge on any atom is -0.550 e. The van der Waals surface area contributed by atoms with E-state index in [0.717, 1.165) is 0 Å². The first-order valence-electron chi connectivity index (χ1n) is 4.73. The number of carbonyl (C=O) groups excluding carboxylic acids is 3. The summed E-state index contributed by atoms with van der Waals surface area (Å²) in [6, 6.07) is 0. The normalized spacial score (nSPS) is 7.74. The minimum atomic E-state index is -1.21. The topological polar surface area (TPSA) is 181 Å². The van der Waals surface area contributed by atoms with Crippen molar-refractivity contribution in [3.63, 3.8) is 0 Å². The summed E-state index contributed by atoms with van der Waals surface area (Å²) in [5, 5.41) is 51.4. The standard InChI is InChI=1S/3C3H6O3.Er/c3*4-2-1-3(5)6;/h3*4H,1-2H2,(H,5,6);/q;;;+3/p-3. The smallest absolute Gasteiger partial charge is 0.550 e. The number of aliphatic hydroxyl groups is 3.